The molecule has 0 radical (unpaired) electrons. The molecule has 0 fully saturated rings. The van der Waals surface area contributed by atoms with Gasteiger partial charge in [-0.1, -0.05) is 0 Å². The van der Waals surface area contributed by atoms with Gasteiger partial charge >= 0.3 is 0 Å². The summed E-state index contributed by atoms with van der Waals surface area (Å²) in [5, 5.41) is 18.7. The van der Waals surface area contributed by atoms with Gasteiger partial charge in [-0.3, -0.25) is 5.10 Å². The number of nitrogens with zero attached hydrogens (tertiary/aromatic N) is 3. The molecule has 0 aliphatic rings. The summed E-state index contributed by atoms with van der Waals surface area (Å²) in [6.07, 6.45) is 3.34. The Morgan fingerprint density at radius 1 is 1.44 bits per heavy atom. The molecule has 2 N–H and O–H groups in total. The highest BCUT2D eigenvalue weighted by atomic mass is 79.9. The standard InChI is InChI=1S/C12H12BrN5/c13-10-6-9(7-14)3-4-11(10)15-5-1-2-12-16-8-17-18-12/h3-4,6,8,15H,1-2,5H2,(H,16,17,18). The van der Waals surface area contributed by atoms with Crippen LogP contribution in [-0.2, 0) is 6.42 Å². The molecule has 0 bridgehead atoms. The molecule has 1 heterocycles. The van der Waals surface area contributed by atoms with Crippen molar-refractivity contribution in [2.24, 2.45) is 0 Å². The number of aryl methyl sites for hydroxylation is 1. The topological polar surface area (TPSA) is 77.4 Å². The van der Waals surface area contributed by atoms with Crippen LogP contribution in [0.4, 0.5) is 5.69 Å². The van der Waals surface area contributed by atoms with Gasteiger partial charge in [-0.2, -0.15) is 10.4 Å². The minimum atomic E-state index is 0.647. The zero-order valence-corrected chi connectivity index (χ0v) is 11.2. The number of aromatic amines is 1. The second kappa shape index (κ2) is 6.17. The molecule has 0 saturated heterocycles. The highest BCUT2D eigenvalue weighted by Crippen LogP contribution is 2.23. The van der Waals surface area contributed by atoms with E-state index in [0.29, 0.717) is 5.56 Å². The fourth-order valence-electron chi connectivity index (χ4n) is 1.56. The van der Waals surface area contributed by atoms with Crippen molar-refractivity contribution in [1.29, 1.82) is 5.26 Å². The van der Waals surface area contributed by atoms with E-state index in [1.807, 2.05) is 6.07 Å². The molecule has 0 aliphatic carbocycles. The number of rotatable bonds is 5. The second-order valence-corrected chi connectivity index (χ2v) is 4.62. The van der Waals surface area contributed by atoms with E-state index in [4.69, 9.17) is 5.26 Å². The predicted octanol–water partition coefficient (Wildman–Crippen LogP) is 2.48. The molecular formula is C12H12BrN5. The molecule has 0 aliphatic heterocycles. The monoisotopic (exact) mass is 305 g/mol. The third-order valence-corrected chi connectivity index (χ3v) is 3.12. The van der Waals surface area contributed by atoms with Gasteiger partial charge < -0.3 is 5.32 Å². The van der Waals surface area contributed by atoms with Crippen molar-refractivity contribution in [3.8, 4) is 6.07 Å². The Kier molecular flexibility index (Phi) is 4.31. The predicted molar refractivity (Wildman–Crippen MR) is 72.1 cm³/mol. The molecule has 0 unspecified atom stereocenters. The maximum atomic E-state index is 8.77. The molecule has 1 aromatic heterocycles. The Hall–Kier alpha value is -1.87. The number of nitriles is 1. The summed E-state index contributed by atoms with van der Waals surface area (Å²) < 4.78 is 0.904. The maximum Gasteiger partial charge on any atom is 0.137 e. The molecule has 1 aromatic carbocycles. The van der Waals surface area contributed by atoms with Crippen LogP contribution in [0.25, 0.3) is 0 Å². The van der Waals surface area contributed by atoms with Crippen molar-refractivity contribution in [3.63, 3.8) is 0 Å². The Morgan fingerprint density at radius 3 is 3.00 bits per heavy atom. The minimum Gasteiger partial charge on any atom is -0.384 e. The number of hydrogen-bond donors (Lipinski definition) is 2. The Bertz CT molecular complexity index is 544. The molecule has 0 saturated carbocycles. The van der Waals surface area contributed by atoms with Crippen LogP contribution in [0.1, 0.15) is 17.8 Å². The molecule has 5 nitrogen and oxygen atoms in total. The van der Waals surface area contributed by atoms with Gasteiger partial charge in [0.05, 0.1) is 11.6 Å². The number of nitrogens with one attached hydrogen (secondary N) is 2. The van der Waals surface area contributed by atoms with E-state index in [9.17, 15) is 0 Å². The SMILES string of the molecule is N#Cc1ccc(NCCCc2ncn[nH]2)c(Br)c1. The Balaban J connectivity index is 1.82. The molecule has 0 atom stereocenters. The van der Waals surface area contributed by atoms with Crippen molar-refractivity contribution in [2.45, 2.75) is 12.8 Å². The van der Waals surface area contributed by atoms with Gasteiger partial charge in [0, 0.05) is 23.1 Å². The number of aromatic nitrogens is 3. The summed E-state index contributed by atoms with van der Waals surface area (Å²) in [4.78, 5) is 4.06. The van der Waals surface area contributed by atoms with Gasteiger partial charge in [-0.25, -0.2) is 4.98 Å². The maximum absolute atomic E-state index is 8.77. The quantitative estimate of drug-likeness (QED) is 0.832. The highest BCUT2D eigenvalue weighted by Gasteiger charge is 2.01. The lowest BCUT2D eigenvalue weighted by Gasteiger charge is -2.07. The number of anilines is 1. The fourth-order valence-corrected chi connectivity index (χ4v) is 2.08. The molecule has 92 valence electrons. The number of halogens is 1. The lowest BCUT2D eigenvalue weighted by Crippen LogP contribution is -2.04. The first-order valence-electron chi connectivity index (χ1n) is 5.57. The minimum absolute atomic E-state index is 0.647. The molecule has 0 spiro atoms. The van der Waals surface area contributed by atoms with Crippen molar-refractivity contribution < 1.29 is 0 Å². The lowest BCUT2D eigenvalue weighted by molar-refractivity contribution is 0.805. The average molecular weight is 306 g/mol. The first-order valence-corrected chi connectivity index (χ1v) is 6.36. The van der Waals surface area contributed by atoms with Gasteiger partial charge in [-0.15, -0.1) is 0 Å². The first-order chi connectivity index (χ1) is 8.79. The normalized spacial score (nSPS) is 10.0. The largest absolute Gasteiger partial charge is 0.384 e. The van der Waals surface area contributed by atoms with Crippen LogP contribution >= 0.6 is 15.9 Å². The van der Waals surface area contributed by atoms with E-state index < -0.39 is 0 Å². The third-order valence-electron chi connectivity index (χ3n) is 2.47. The van der Waals surface area contributed by atoms with Crippen molar-refractivity contribution >= 4 is 21.6 Å². The van der Waals surface area contributed by atoms with Crippen molar-refractivity contribution in [1.82, 2.24) is 15.2 Å². The van der Waals surface area contributed by atoms with Crippen LogP contribution in [0.5, 0.6) is 0 Å². The lowest BCUT2D eigenvalue weighted by atomic mass is 10.2. The zero-order valence-electron chi connectivity index (χ0n) is 9.65. The highest BCUT2D eigenvalue weighted by molar-refractivity contribution is 9.10. The van der Waals surface area contributed by atoms with Crippen LogP contribution in [0, 0.1) is 11.3 Å². The van der Waals surface area contributed by atoms with E-state index in [0.717, 1.165) is 35.4 Å². The third kappa shape index (κ3) is 3.31. The molecule has 18 heavy (non-hydrogen) atoms. The summed E-state index contributed by atoms with van der Waals surface area (Å²) in [7, 11) is 0. The molecular weight excluding hydrogens is 294 g/mol. The summed E-state index contributed by atoms with van der Waals surface area (Å²) in [5.41, 5.74) is 1.64. The van der Waals surface area contributed by atoms with E-state index >= 15 is 0 Å². The molecule has 0 amide bonds. The van der Waals surface area contributed by atoms with Gasteiger partial charge in [-0.05, 0) is 40.5 Å². The molecule has 6 heteroatoms. The average Bonchev–Trinajstić information content (AvgIpc) is 2.89. The van der Waals surface area contributed by atoms with Crippen LogP contribution in [0.2, 0.25) is 0 Å². The summed E-state index contributed by atoms with van der Waals surface area (Å²) in [6, 6.07) is 7.60. The van der Waals surface area contributed by atoms with Gasteiger partial charge in [0.1, 0.15) is 12.2 Å². The first kappa shape index (κ1) is 12.6. The van der Waals surface area contributed by atoms with Gasteiger partial charge in [0.25, 0.3) is 0 Å². The zero-order chi connectivity index (χ0) is 12.8. The van der Waals surface area contributed by atoms with E-state index in [1.54, 1.807) is 12.1 Å². The van der Waals surface area contributed by atoms with Crippen LogP contribution in [0.3, 0.4) is 0 Å². The summed E-state index contributed by atoms with van der Waals surface area (Å²) in [5.74, 6) is 0.899. The number of H-pyrrole nitrogens is 1. The Labute approximate surface area is 113 Å². The Morgan fingerprint density at radius 2 is 2.33 bits per heavy atom. The van der Waals surface area contributed by atoms with Crippen molar-refractivity contribution in [2.75, 3.05) is 11.9 Å². The van der Waals surface area contributed by atoms with Gasteiger partial charge in [0.15, 0.2) is 0 Å². The number of hydrogen-bond acceptors (Lipinski definition) is 4. The van der Waals surface area contributed by atoms with Crippen LogP contribution < -0.4 is 5.32 Å². The van der Waals surface area contributed by atoms with Crippen LogP contribution in [0.15, 0.2) is 29.0 Å². The van der Waals surface area contributed by atoms with E-state index in [1.165, 1.54) is 6.33 Å². The summed E-state index contributed by atoms with van der Waals surface area (Å²) >= 11 is 3.44. The van der Waals surface area contributed by atoms with Crippen LogP contribution in [-0.4, -0.2) is 21.7 Å². The second-order valence-electron chi connectivity index (χ2n) is 3.77. The van der Waals surface area contributed by atoms with Crippen molar-refractivity contribution in [3.05, 3.63) is 40.4 Å². The molecule has 2 aromatic rings. The van der Waals surface area contributed by atoms with E-state index in [-0.39, 0.29) is 0 Å². The fraction of sp³-hybridized carbons (Fsp3) is 0.250. The van der Waals surface area contributed by atoms with Gasteiger partial charge in [0.2, 0.25) is 0 Å². The number of benzene rings is 1. The summed E-state index contributed by atoms with van der Waals surface area (Å²) in [6.45, 7) is 0.838. The smallest absolute Gasteiger partial charge is 0.137 e. The molecule has 2 rings (SSSR count). The van der Waals surface area contributed by atoms with E-state index in [2.05, 4.69) is 42.5 Å².